The molecule has 1 fully saturated rings. The van der Waals surface area contributed by atoms with Crippen molar-refractivity contribution in [3.63, 3.8) is 0 Å². The highest BCUT2D eigenvalue weighted by molar-refractivity contribution is 7.88. The van der Waals surface area contributed by atoms with Gasteiger partial charge in [-0.05, 0) is 30.3 Å². The van der Waals surface area contributed by atoms with Gasteiger partial charge in [0.05, 0.1) is 12.8 Å². The Hall–Kier alpha value is -2.88. The summed E-state index contributed by atoms with van der Waals surface area (Å²) in [5.74, 6) is 0.253. The molecule has 2 heterocycles. The molecule has 0 atom stereocenters. The Bertz CT molecular complexity index is 1030. The van der Waals surface area contributed by atoms with E-state index in [1.807, 2.05) is 20.8 Å². The van der Waals surface area contributed by atoms with Crippen LogP contribution in [0.2, 0.25) is 0 Å². The summed E-state index contributed by atoms with van der Waals surface area (Å²) in [6.07, 6.45) is 1.48. The molecular weight excluding hydrogens is 420 g/mol. The molecule has 3 rings (SSSR count). The fourth-order valence-corrected chi connectivity index (χ4v) is 4.31. The maximum atomic E-state index is 13.2. The monoisotopic (exact) mass is 448 g/mol. The molecule has 9 nitrogen and oxygen atoms in total. The minimum Gasteiger partial charge on any atom is -0.497 e. The minimum absolute atomic E-state index is 0.0245. The van der Waals surface area contributed by atoms with E-state index in [2.05, 4.69) is 4.40 Å². The van der Waals surface area contributed by atoms with Gasteiger partial charge in [-0.25, -0.2) is 4.31 Å². The summed E-state index contributed by atoms with van der Waals surface area (Å²) in [5, 5.41) is 0. The number of rotatable bonds is 3. The van der Waals surface area contributed by atoms with Crippen LogP contribution in [0.15, 0.2) is 40.4 Å². The van der Waals surface area contributed by atoms with Crippen LogP contribution in [-0.2, 0) is 19.8 Å². The second-order valence-electron chi connectivity index (χ2n) is 8.51. The third kappa shape index (κ3) is 4.73. The van der Waals surface area contributed by atoms with E-state index in [1.165, 1.54) is 20.2 Å². The molecule has 0 unspecified atom stereocenters. The highest BCUT2D eigenvalue weighted by Gasteiger charge is 2.35. The lowest BCUT2D eigenvalue weighted by molar-refractivity contribution is -0.144. The second kappa shape index (κ2) is 8.33. The molecule has 0 aromatic heterocycles. The maximum Gasteiger partial charge on any atom is 0.345 e. The summed E-state index contributed by atoms with van der Waals surface area (Å²) in [6.45, 7) is 7.07. The van der Waals surface area contributed by atoms with Crippen molar-refractivity contribution in [1.82, 2.24) is 14.1 Å². The fraction of sp³-hybridized carbons (Fsp3) is 0.476. The summed E-state index contributed by atoms with van der Waals surface area (Å²) in [4.78, 5) is 29.0. The fourth-order valence-electron chi connectivity index (χ4n) is 3.40. The summed E-state index contributed by atoms with van der Waals surface area (Å²) in [6, 6.07) is 6.77. The Labute approximate surface area is 183 Å². The van der Waals surface area contributed by atoms with Crippen molar-refractivity contribution in [3.05, 3.63) is 41.6 Å². The number of carbonyl (C=O) groups is 2. The van der Waals surface area contributed by atoms with Gasteiger partial charge in [0.2, 0.25) is 5.91 Å². The second-order valence-corrected chi connectivity index (χ2v) is 10.1. The van der Waals surface area contributed by atoms with Crippen LogP contribution in [0.1, 0.15) is 26.3 Å². The summed E-state index contributed by atoms with van der Waals surface area (Å²) in [7, 11) is -1.19. The van der Waals surface area contributed by atoms with Gasteiger partial charge >= 0.3 is 10.2 Å². The smallest absolute Gasteiger partial charge is 0.345 e. The Balaban J connectivity index is 1.82. The summed E-state index contributed by atoms with van der Waals surface area (Å²) < 4.78 is 35.0. The number of methoxy groups -OCH3 is 1. The molecule has 10 heteroatoms. The topological polar surface area (TPSA) is 99.6 Å². The molecule has 1 saturated heterocycles. The van der Waals surface area contributed by atoms with Crippen molar-refractivity contribution in [2.75, 3.05) is 40.3 Å². The summed E-state index contributed by atoms with van der Waals surface area (Å²) in [5.41, 5.74) is 0.279. The molecule has 0 saturated carbocycles. The Morgan fingerprint density at radius 1 is 1.00 bits per heavy atom. The van der Waals surface area contributed by atoms with Gasteiger partial charge in [-0.1, -0.05) is 20.8 Å². The zero-order valence-electron chi connectivity index (χ0n) is 18.5. The highest BCUT2D eigenvalue weighted by Crippen LogP contribution is 2.24. The standard InChI is InChI=1S/C21H28N4O5S/c1-21(2,3)20(27)25-12-10-24(11-13-25)19(26)18-14-17(22-31(28,29)23(18)4)15-6-8-16(30-5)9-7-15/h6-9,14H,10-13H2,1-5H3. The van der Waals surface area contributed by atoms with E-state index in [0.717, 1.165) is 4.31 Å². The van der Waals surface area contributed by atoms with Gasteiger partial charge in [0.15, 0.2) is 0 Å². The molecule has 0 radical (unpaired) electrons. The maximum absolute atomic E-state index is 13.2. The normalized spacial score (nSPS) is 18.9. The van der Waals surface area contributed by atoms with Crippen molar-refractivity contribution < 1.29 is 22.7 Å². The number of benzene rings is 1. The molecule has 1 aromatic rings. The minimum atomic E-state index is -4.04. The highest BCUT2D eigenvalue weighted by atomic mass is 32.2. The van der Waals surface area contributed by atoms with Crippen LogP contribution in [0.3, 0.4) is 0 Å². The average Bonchev–Trinajstić information content (AvgIpc) is 2.74. The van der Waals surface area contributed by atoms with E-state index in [9.17, 15) is 18.0 Å². The van der Waals surface area contributed by atoms with Crippen LogP contribution in [0, 0.1) is 5.41 Å². The van der Waals surface area contributed by atoms with E-state index in [4.69, 9.17) is 4.74 Å². The van der Waals surface area contributed by atoms with Gasteiger partial charge < -0.3 is 14.5 Å². The van der Waals surface area contributed by atoms with Crippen molar-refractivity contribution in [2.24, 2.45) is 9.81 Å². The van der Waals surface area contributed by atoms with Crippen LogP contribution in [0.25, 0.3) is 0 Å². The van der Waals surface area contributed by atoms with Crippen molar-refractivity contribution in [2.45, 2.75) is 20.8 Å². The predicted molar refractivity (Wildman–Crippen MR) is 117 cm³/mol. The number of hydrogen-bond acceptors (Lipinski definition) is 5. The third-order valence-corrected chi connectivity index (χ3v) is 6.59. The van der Waals surface area contributed by atoms with Gasteiger partial charge in [-0.15, -0.1) is 4.40 Å². The first-order chi connectivity index (χ1) is 14.4. The van der Waals surface area contributed by atoms with Gasteiger partial charge in [0, 0.05) is 44.2 Å². The van der Waals surface area contributed by atoms with Crippen LogP contribution in [0.4, 0.5) is 0 Å². The number of ether oxygens (including phenoxy) is 1. The van der Waals surface area contributed by atoms with Gasteiger partial charge in [0.1, 0.15) is 11.4 Å². The molecule has 2 aliphatic heterocycles. The Morgan fingerprint density at radius 2 is 1.55 bits per heavy atom. The van der Waals surface area contributed by atoms with Crippen LogP contribution < -0.4 is 4.74 Å². The molecule has 168 valence electrons. The van der Waals surface area contributed by atoms with Gasteiger partial charge in [0.25, 0.3) is 5.91 Å². The summed E-state index contributed by atoms with van der Waals surface area (Å²) >= 11 is 0. The first-order valence-electron chi connectivity index (χ1n) is 9.97. The average molecular weight is 449 g/mol. The molecule has 0 aliphatic carbocycles. The molecule has 0 spiro atoms. The van der Waals surface area contributed by atoms with Crippen LogP contribution >= 0.6 is 0 Å². The Kier molecular flexibility index (Phi) is 6.13. The third-order valence-electron chi connectivity index (χ3n) is 5.27. The molecular formula is C21H28N4O5S. The molecule has 1 aromatic carbocycles. The zero-order valence-corrected chi connectivity index (χ0v) is 19.3. The first kappa shape index (κ1) is 22.8. The lowest BCUT2D eigenvalue weighted by atomic mass is 9.94. The van der Waals surface area contributed by atoms with Crippen molar-refractivity contribution in [3.8, 4) is 5.75 Å². The van der Waals surface area contributed by atoms with Crippen LogP contribution in [-0.4, -0.2) is 80.4 Å². The number of nitrogens with zero attached hydrogens (tertiary/aromatic N) is 4. The quantitative estimate of drug-likeness (QED) is 0.694. The van der Waals surface area contributed by atoms with Crippen LogP contribution in [0.5, 0.6) is 5.75 Å². The zero-order chi connectivity index (χ0) is 23.0. The lowest BCUT2D eigenvalue weighted by Gasteiger charge is -2.38. The SMILES string of the molecule is COc1ccc(C2=NS(=O)(=O)N(C)C(C(=O)N3CCN(C(=O)C(C)(C)C)CC3)=C2)cc1. The number of piperazine rings is 1. The molecule has 0 N–H and O–H groups in total. The number of allylic oxidation sites excluding steroid dienone is 1. The predicted octanol–water partition coefficient (Wildman–Crippen LogP) is 1.28. The number of likely N-dealkylation sites (N-methyl/N-ethyl adjacent to an activating group) is 1. The van der Waals surface area contributed by atoms with Crippen molar-refractivity contribution >= 4 is 27.7 Å². The Morgan fingerprint density at radius 3 is 2.06 bits per heavy atom. The van der Waals surface area contributed by atoms with Crippen molar-refractivity contribution in [1.29, 1.82) is 0 Å². The van der Waals surface area contributed by atoms with E-state index in [1.54, 1.807) is 34.1 Å². The lowest BCUT2D eigenvalue weighted by Crippen LogP contribution is -2.54. The first-order valence-corrected chi connectivity index (χ1v) is 11.4. The largest absolute Gasteiger partial charge is 0.497 e. The van der Waals surface area contributed by atoms with Gasteiger partial charge in [-0.2, -0.15) is 8.42 Å². The van der Waals surface area contributed by atoms with Gasteiger partial charge in [-0.3, -0.25) is 9.59 Å². The van der Waals surface area contributed by atoms with E-state index >= 15 is 0 Å². The molecule has 0 bridgehead atoms. The number of hydrogen-bond donors (Lipinski definition) is 0. The molecule has 31 heavy (non-hydrogen) atoms. The van der Waals surface area contributed by atoms with E-state index in [-0.39, 0.29) is 17.3 Å². The molecule has 2 aliphatic rings. The number of amides is 2. The number of carbonyl (C=O) groups excluding carboxylic acids is 2. The van der Waals surface area contributed by atoms with E-state index in [0.29, 0.717) is 37.5 Å². The molecule has 2 amide bonds. The van der Waals surface area contributed by atoms with E-state index < -0.39 is 21.5 Å².